The van der Waals surface area contributed by atoms with Crippen LogP contribution in [0.4, 0.5) is 0 Å². The van der Waals surface area contributed by atoms with E-state index in [2.05, 4.69) is 0 Å². The van der Waals surface area contributed by atoms with Gasteiger partial charge in [0.1, 0.15) is 0 Å². The van der Waals surface area contributed by atoms with Crippen LogP contribution in [0, 0.1) is 5.41 Å². The van der Waals surface area contributed by atoms with Gasteiger partial charge in [-0.05, 0) is 27.2 Å². The van der Waals surface area contributed by atoms with Gasteiger partial charge in [0, 0.05) is 0 Å². The molecule has 0 saturated carbocycles. The quantitative estimate of drug-likeness (QED) is 0.252. The van der Waals surface area contributed by atoms with Crippen LogP contribution in [-0.2, 0) is 28.6 Å². The SMILES string of the molecule is CCCCCC(CC(=O)OCC)(C(=O)OCC)C(=O)OCC. The minimum atomic E-state index is -1.60. The third-order valence-corrected chi connectivity index (χ3v) is 3.29. The Kier molecular flexibility index (Phi) is 10.2. The van der Waals surface area contributed by atoms with Gasteiger partial charge in [-0.3, -0.25) is 14.4 Å². The van der Waals surface area contributed by atoms with Gasteiger partial charge in [-0.25, -0.2) is 0 Å². The molecular formula is C16H28O6. The highest BCUT2D eigenvalue weighted by Crippen LogP contribution is 2.33. The summed E-state index contributed by atoms with van der Waals surface area (Å²) in [5, 5.41) is 0. The number of rotatable bonds is 11. The topological polar surface area (TPSA) is 78.9 Å². The van der Waals surface area contributed by atoms with Crippen molar-refractivity contribution in [2.45, 2.75) is 59.8 Å². The molecule has 0 amide bonds. The zero-order valence-corrected chi connectivity index (χ0v) is 14.1. The van der Waals surface area contributed by atoms with Gasteiger partial charge in [-0.1, -0.05) is 26.2 Å². The number of ether oxygens (including phenoxy) is 3. The molecule has 0 heterocycles. The van der Waals surface area contributed by atoms with E-state index in [4.69, 9.17) is 14.2 Å². The molecule has 0 spiro atoms. The molecule has 0 saturated heterocycles. The molecule has 0 aromatic carbocycles. The van der Waals surface area contributed by atoms with Crippen molar-refractivity contribution in [2.75, 3.05) is 19.8 Å². The number of carbonyl (C=O) groups excluding carboxylic acids is 3. The second-order valence-corrected chi connectivity index (χ2v) is 4.96. The molecule has 0 N–H and O–H groups in total. The Morgan fingerprint density at radius 2 is 1.27 bits per heavy atom. The maximum absolute atomic E-state index is 12.4. The van der Waals surface area contributed by atoms with Crippen molar-refractivity contribution in [3.05, 3.63) is 0 Å². The van der Waals surface area contributed by atoms with E-state index in [1.165, 1.54) is 0 Å². The summed E-state index contributed by atoms with van der Waals surface area (Å²) in [4.78, 5) is 36.6. The lowest BCUT2D eigenvalue weighted by Crippen LogP contribution is -2.44. The average molecular weight is 316 g/mol. The molecule has 0 aliphatic carbocycles. The van der Waals surface area contributed by atoms with E-state index in [0.717, 1.165) is 12.8 Å². The molecular weight excluding hydrogens is 288 g/mol. The second kappa shape index (κ2) is 11.0. The first-order valence-corrected chi connectivity index (χ1v) is 7.98. The van der Waals surface area contributed by atoms with Gasteiger partial charge < -0.3 is 14.2 Å². The molecule has 6 heteroatoms. The fraction of sp³-hybridized carbons (Fsp3) is 0.812. The van der Waals surface area contributed by atoms with Crippen molar-refractivity contribution in [2.24, 2.45) is 5.41 Å². The van der Waals surface area contributed by atoms with Crippen LogP contribution in [0.15, 0.2) is 0 Å². The van der Waals surface area contributed by atoms with Crippen molar-refractivity contribution in [3.8, 4) is 0 Å². The zero-order chi connectivity index (χ0) is 17.0. The molecule has 0 unspecified atom stereocenters. The summed E-state index contributed by atoms with van der Waals surface area (Å²) in [5.74, 6) is -2.02. The molecule has 128 valence electrons. The van der Waals surface area contributed by atoms with Gasteiger partial charge >= 0.3 is 17.9 Å². The lowest BCUT2D eigenvalue weighted by molar-refractivity contribution is -0.177. The fourth-order valence-corrected chi connectivity index (χ4v) is 2.19. The van der Waals surface area contributed by atoms with Crippen LogP contribution in [0.5, 0.6) is 0 Å². The van der Waals surface area contributed by atoms with E-state index in [0.29, 0.717) is 6.42 Å². The van der Waals surface area contributed by atoms with E-state index in [-0.39, 0.29) is 32.7 Å². The molecule has 0 radical (unpaired) electrons. The fourth-order valence-electron chi connectivity index (χ4n) is 2.19. The van der Waals surface area contributed by atoms with E-state index < -0.39 is 23.3 Å². The Bertz CT molecular complexity index is 346. The monoisotopic (exact) mass is 316 g/mol. The largest absolute Gasteiger partial charge is 0.466 e. The highest BCUT2D eigenvalue weighted by molar-refractivity contribution is 6.03. The van der Waals surface area contributed by atoms with Crippen LogP contribution >= 0.6 is 0 Å². The maximum Gasteiger partial charge on any atom is 0.324 e. The first-order chi connectivity index (χ1) is 10.5. The van der Waals surface area contributed by atoms with E-state index in [1.807, 2.05) is 6.92 Å². The molecule has 22 heavy (non-hydrogen) atoms. The summed E-state index contributed by atoms with van der Waals surface area (Å²) in [6, 6.07) is 0. The summed E-state index contributed by atoms with van der Waals surface area (Å²) in [6.45, 7) is 7.46. The Hall–Kier alpha value is -1.59. The van der Waals surface area contributed by atoms with Gasteiger partial charge in [-0.2, -0.15) is 0 Å². The van der Waals surface area contributed by atoms with Gasteiger partial charge in [0.2, 0.25) is 0 Å². The summed E-state index contributed by atoms with van der Waals surface area (Å²) >= 11 is 0. The Labute approximate surface area is 132 Å². The Morgan fingerprint density at radius 1 is 0.773 bits per heavy atom. The minimum absolute atomic E-state index is 0.136. The first kappa shape index (κ1) is 20.4. The van der Waals surface area contributed by atoms with Gasteiger partial charge in [0.15, 0.2) is 5.41 Å². The molecule has 0 fully saturated rings. The van der Waals surface area contributed by atoms with Crippen molar-refractivity contribution >= 4 is 17.9 Å². The van der Waals surface area contributed by atoms with Crippen molar-refractivity contribution in [1.82, 2.24) is 0 Å². The number of unbranched alkanes of at least 4 members (excludes halogenated alkanes) is 2. The third kappa shape index (κ3) is 6.03. The third-order valence-electron chi connectivity index (χ3n) is 3.29. The summed E-state index contributed by atoms with van der Waals surface area (Å²) < 4.78 is 15.0. The molecule has 0 rings (SSSR count). The predicted molar refractivity (Wildman–Crippen MR) is 81.1 cm³/mol. The Balaban J connectivity index is 5.41. The highest BCUT2D eigenvalue weighted by Gasteiger charge is 2.50. The standard InChI is InChI=1S/C16H28O6/c1-5-9-10-11-16(14(18)21-7-3,15(19)22-8-4)12-13(17)20-6-2/h5-12H2,1-4H3. The van der Waals surface area contributed by atoms with E-state index in [9.17, 15) is 14.4 Å². The van der Waals surface area contributed by atoms with Crippen LogP contribution in [0.25, 0.3) is 0 Å². The molecule has 0 aliphatic heterocycles. The summed E-state index contributed by atoms with van der Waals surface area (Å²) in [6.07, 6.45) is 2.29. The average Bonchev–Trinajstić information content (AvgIpc) is 2.47. The molecule has 0 aromatic heterocycles. The highest BCUT2D eigenvalue weighted by atomic mass is 16.6. The van der Waals surface area contributed by atoms with Crippen LogP contribution in [0.1, 0.15) is 59.8 Å². The molecule has 0 bridgehead atoms. The van der Waals surface area contributed by atoms with Crippen LogP contribution in [-0.4, -0.2) is 37.7 Å². The lowest BCUT2D eigenvalue weighted by atomic mass is 9.79. The van der Waals surface area contributed by atoms with Gasteiger partial charge in [-0.15, -0.1) is 0 Å². The van der Waals surface area contributed by atoms with Crippen molar-refractivity contribution in [3.63, 3.8) is 0 Å². The normalized spacial score (nSPS) is 10.9. The number of esters is 3. The van der Waals surface area contributed by atoms with Crippen molar-refractivity contribution in [1.29, 1.82) is 0 Å². The zero-order valence-electron chi connectivity index (χ0n) is 14.1. The first-order valence-electron chi connectivity index (χ1n) is 7.98. The lowest BCUT2D eigenvalue weighted by Gasteiger charge is -2.28. The second-order valence-electron chi connectivity index (χ2n) is 4.96. The number of carbonyl (C=O) groups is 3. The van der Waals surface area contributed by atoms with Crippen LogP contribution < -0.4 is 0 Å². The predicted octanol–water partition coefficient (Wildman–Crippen LogP) is 2.63. The molecule has 6 nitrogen and oxygen atoms in total. The number of hydrogen-bond acceptors (Lipinski definition) is 6. The summed E-state index contributed by atoms with van der Waals surface area (Å²) in [5.41, 5.74) is -1.60. The van der Waals surface area contributed by atoms with Crippen LogP contribution in [0.3, 0.4) is 0 Å². The number of hydrogen-bond donors (Lipinski definition) is 0. The van der Waals surface area contributed by atoms with Crippen LogP contribution in [0.2, 0.25) is 0 Å². The summed E-state index contributed by atoms with van der Waals surface area (Å²) in [7, 11) is 0. The van der Waals surface area contributed by atoms with Gasteiger partial charge in [0.05, 0.1) is 26.2 Å². The molecule has 0 aliphatic rings. The molecule has 0 aromatic rings. The maximum atomic E-state index is 12.4. The van der Waals surface area contributed by atoms with E-state index >= 15 is 0 Å². The minimum Gasteiger partial charge on any atom is -0.466 e. The smallest absolute Gasteiger partial charge is 0.324 e. The molecule has 0 atom stereocenters. The Morgan fingerprint density at radius 3 is 1.68 bits per heavy atom. The van der Waals surface area contributed by atoms with E-state index in [1.54, 1.807) is 20.8 Å². The van der Waals surface area contributed by atoms with Crippen molar-refractivity contribution < 1.29 is 28.6 Å². The van der Waals surface area contributed by atoms with Gasteiger partial charge in [0.25, 0.3) is 0 Å².